The molecule has 112 valence electrons. The van der Waals surface area contributed by atoms with Gasteiger partial charge in [0.15, 0.2) is 0 Å². The normalized spacial score (nSPS) is 12.3. The van der Waals surface area contributed by atoms with Gasteiger partial charge in [-0.2, -0.15) is 8.78 Å². The third-order valence-electron chi connectivity index (χ3n) is 3.01. The standard InChI is InChI=1S/C15H14ClF2NO2/c1-20-13-7-6-9(8-11(13)16)14(19)10-4-2-3-5-12(10)21-15(17)18/h2-8,14-15H,19H2,1H3. The molecule has 21 heavy (non-hydrogen) atoms. The highest BCUT2D eigenvalue weighted by molar-refractivity contribution is 6.32. The summed E-state index contributed by atoms with van der Waals surface area (Å²) < 4.78 is 34.4. The third-order valence-corrected chi connectivity index (χ3v) is 3.30. The molecule has 0 saturated heterocycles. The Balaban J connectivity index is 2.35. The van der Waals surface area contributed by atoms with Crippen LogP contribution in [-0.2, 0) is 0 Å². The molecule has 0 bridgehead atoms. The average Bonchev–Trinajstić information content (AvgIpc) is 2.46. The fourth-order valence-corrected chi connectivity index (χ4v) is 2.26. The minimum absolute atomic E-state index is 0.0481. The van der Waals surface area contributed by atoms with Crippen molar-refractivity contribution in [1.29, 1.82) is 0 Å². The Bertz CT molecular complexity index is 622. The predicted octanol–water partition coefficient (Wildman–Crippen LogP) is 4.00. The van der Waals surface area contributed by atoms with E-state index < -0.39 is 12.7 Å². The van der Waals surface area contributed by atoms with Gasteiger partial charge in [0.2, 0.25) is 0 Å². The van der Waals surface area contributed by atoms with Gasteiger partial charge in [0, 0.05) is 5.56 Å². The fraction of sp³-hybridized carbons (Fsp3) is 0.200. The van der Waals surface area contributed by atoms with Crippen molar-refractivity contribution in [1.82, 2.24) is 0 Å². The Labute approximate surface area is 126 Å². The van der Waals surface area contributed by atoms with E-state index in [1.807, 2.05) is 0 Å². The van der Waals surface area contributed by atoms with Crippen LogP contribution in [0.5, 0.6) is 11.5 Å². The monoisotopic (exact) mass is 313 g/mol. The molecule has 0 heterocycles. The van der Waals surface area contributed by atoms with Crippen molar-refractivity contribution in [2.24, 2.45) is 5.73 Å². The van der Waals surface area contributed by atoms with Crippen molar-refractivity contribution in [3.8, 4) is 11.5 Å². The van der Waals surface area contributed by atoms with Gasteiger partial charge in [0.05, 0.1) is 18.2 Å². The van der Waals surface area contributed by atoms with Gasteiger partial charge in [-0.1, -0.05) is 35.9 Å². The molecule has 1 unspecified atom stereocenters. The first-order valence-electron chi connectivity index (χ1n) is 6.15. The maximum Gasteiger partial charge on any atom is 0.387 e. The highest BCUT2D eigenvalue weighted by Crippen LogP contribution is 2.33. The molecule has 0 aromatic heterocycles. The molecule has 0 amide bonds. The van der Waals surface area contributed by atoms with E-state index in [9.17, 15) is 8.78 Å². The van der Waals surface area contributed by atoms with E-state index in [1.54, 1.807) is 36.4 Å². The first-order valence-corrected chi connectivity index (χ1v) is 6.53. The molecule has 2 aromatic rings. The average molecular weight is 314 g/mol. The summed E-state index contributed by atoms with van der Waals surface area (Å²) in [7, 11) is 1.51. The number of ether oxygens (including phenoxy) is 2. The highest BCUT2D eigenvalue weighted by Gasteiger charge is 2.17. The summed E-state index contributed by atoms with van der Waals surface area (Å²) in [4.78, 5) is 0. The van der Waals surface area contributed by atoms with Gasteiger partial charge in [0.1, 0.15) is 11.5 Å². The Kier molecular flexibility index (Phi) is 4.98. The first-order chi connectivity index (χ1) is 10.0. The van der Waals surface area contributed by atoms with Crippen LogP contribution in [0, 0.1) is 0 Å². The van der Waals surface area contributed by atoms with E-state index in [0.717, 1.165) is 0 Å². The van der Waals surface area contributed by atoms with Crippen molar-refractivity contribution in [2.75, 3.05) is 7.11 Å². The number of hydrogen-bond acceptors (Lipinski definition) is 3. The van der Waals surface area contributed by atoms with Crippen LogP contribution < -0.4 is 15.2 Å². The molecule has 0 aliphatic heterocycles. The Morgan fingerprint density at radius 1 is 1.10 bits per heavy atom. The Morgan fingerprint density at radius 2 is 1.81 bits per heavy atom. The number of hydrogen-bond donors (Lipinski definition) is 1. The number of nitrogens with two attached hydrogens (primary N) is 1. The maximum absolute atomic E-state index is 12.4. The van der Waals surface area contributed by atoms with Gasteiger partial charge in [-0.25, -0.2) is 0 Å². The van der Waals surface area contributed by atoms with Crippen LogP contribution in [-0.4, -0.2) is 13.7 Å². The number of benzene rings is 2. The molecular formula is C15H14ClF2NO2. The number of halogens is 3. The summed E-state index contributed by atoms with van der Waals surface area (Å²) in [5.74, 6) is 0.566. The predicted molar refractivity (Wildman–Crippen MR) is 77.1 cm³/mol. The van der Waals surface area contributed by atoms with Crippen molar-refractivity contribution in [2.45, 2.75) is 12.7 Å². The van der Waals surface area contributed by atoms with Crippen molar-refractivity contribution in [3.05, 3.63) is 58.6 Å². The molecule has 0 fully saturated rings. The maximum atomic E-state index is 12.4. The zero-order valence-electron chi connectivity index (χ0n) is 11.2. The van der Waals surface area contributed by atoms with Crippen molar-refractivity contribution >= 4 is 11.6 Å². The van der Waals surface area contributed by atoms with Gasteiger partial charge in [-0.3, -0.25) is 0 Å². The summed E-state index contributed by atoms with van der Waals surface area (Å²) >= 11 is 6.05. The molecule has 3 nitrogen and oxygen atoms in total. The lowest BCUT2D eigenvalue weighted by atomic mass is 9.98. The second kappa shape index (κ2) is 6.74. The summed E-state index contributed by atoms with van der Waals surface area (Å²) in [6.07, 6.45) is 0. The van der Waals surface area contributed by atoms with Gasteiger partial charge in [0.25, 0.3) is 0 Å². The minimum atomic E-state index is -2.90. The SMILES string of the molecule is COc1ccc(C(N)c2ccccc2OC(F)F)cc1Cl. The van der Waals surface area contributed by atoms with E-state index in [1.165, 1.54) is 13.2 Å². The number of alkyl halides is 2. The third kappa shape index (κ3) is 3.62. The van der Waals surface area contributed by atoms with Crippen LogP contribution in [0.25, 0.3) is 0 Å². The quantitative estimate of drug-likeness (QED) is 0.907. The zero-order valence-corrected chi connectivity index (χ0v) is 12.0. The molecule has 0 aliphatic rings. The van der Waals surface area contributed by atoms with Crippen LogP contribution in [0.15, 0.2) is 42.5 Å². The van der Waals surface area contributed by atoms with E-state index in [0.29, 0.717) is 21.9 Å². The van der Waals surface area contributed by atoms with E-state index in [4.69, 9.17) is 22.1 Å². The smallest absolute Gasteiger partial charge is 0.387 e. The van der Waals surface area contributed by atoms with Crippen LogP contribution in [0.4, 0.5) is 8.78 Å². The summed E-state index contributed by atoms with van der Waals surface area (Å²) in [6, 6.07) is 10.8. The van der Waals surface area contributed by atoms with Crippen LogP contribution in [0.2, 0.25) is 5.02 Å². The summed E-state index contributed by atoms with van der Waals surface area (Å²) in [6.45, 7) is -2.90. The van der Waals surface area contributed by atoms with Crippen LogP contribution in [0.1, 0.15) is 17.2 Å². The van der Waals surface area contributed by atoms with Gasteiger partial charge in [-0.05, 0) is 23.8 Å². The number of rotatable bonds is 5. The minimum Gasteiger partial charge on any atom is -0.495 e. The molecule has 0 radical (unpaired) electrons. The van der Waals surface area contributed by atoms with Gasteiger partial charge in [-0.15, -0.1) is 0 Å². The molecule has 2 N–H and O–H groups in total. The van der Waals surface area contributed by atoms with E-state index >= 15 is 0 Å². The summed E-state index contributed by atoms with van der Waals surface area (Å²) in [5, 5.41) is 0.401. The second-order valence-electron chi connectivity index (χ2n) is 4.29. The number of methoxy groups -OCH3 is 1. The Morgan fingerprint density at radius 3 is 2.43 bits per heavy atom. The molecule has 0 spiro atoms. The van der Waals surface area contributed by atoms with Crippen molar-refractivity contribution in [3.63, 3.8) is 0 Å². The highest BCUT2D eigenvalue weighted by atomic mass is 35.5. The summed E-state index contributed by atoms with van der Waals surface area (Å²) in [5.41, 5.74) is 7.26. The first kappa shape index (κ1) is 15.5. The molecule has 1 atom stereocenters. The lowest BCUT2D eigenvalue weighted by molar-refractivity contribution is -0.0505. The molecule has 2 rings (SSSR count). The fourth-order valence-electron chi connectivity index (χ4n) is 2.00. The van der Waals surface area contributed by atoms with Gasteiger partial charge >= 0.3 is 6.61 Å². The molecular weight excluding hydrogens is 300 g/mol. The number of para-hydroxylation sites is 1. The Hall–Kier alpha value is -1.85. The van der Waals surface area contributed by atoms with Crippen LogP contribution >= 0.6 is 11.6 Å². The van der Waals surface area contributed by atoms with Crippen LogP contribution in [0.3, 0.4) is 0 Å². The topological polar surface area (TPSA) is 44.5 Å². The molecule has 6 heteroatoms. The largest absolute Gasteiger partial charge is 0.495 e. The molecule has 2 aromatic carbocycles. The molecule has 0 aliphatic carbocycles. The second-order valence-corrected chi connectivity index (χ2v) is 4.70. The lowest BCUT2D eigenvalue weighted by Gasteiger charge is -2.17. The zero-order chi connectivity index (χ0) is 15.4. The lowest BCUT2D eigenvalue weighted by Crippen LogP contribution is -2.14. The van der Waals surface area contributed by atoms with Gasteiger partial charge < -0.3 is 15.2 Å². The molecule has 0 saturated carbocycles. The van der Waals surface area contributed by atoms with Crippen molar-refractivity contribution < 1.29 is 18.3 Å². The van der Waals surface area contributed by atoms with E-state index in [-0.39, 0.29) is 5.75 Å². The van der Waals surface area contributed by atoms with E-state index in [2.05, 4.69) is 4.74 Å².